The Morgan fingerprint density at radius 2 is 1.70 bits per heavy atom. The van der Waals surface area contributed by atoms with Gasteiger partial charge in [-0.05, 0) is 57.7 Å². The molecule has 5 heteroatoms. The molecular formula is C15H23BFNO2. The Hall–Kier alpha value is -0.935. The monoisotopic (exact) mass is 279 g/mol. The third-order valence-electron chi connectivity index (χ3n) is 4.01. The van der Waals surface area contributed by atoms with Crippen LogP contribution in [-0.2, 0) is 15.7 Å². The summed E-state index contributed by atoms with van der Waals surface area (Å²) in [7, 11) is -0.610. The first kappa shape index (κ1) is 15.5. The minimum Gasteiger partial charge on any atom is -0.398 e. The van der Waals surface area contributed by atoms with Crippen LogP contribution in [0.25, 0.3) is 0 Å². The minimum absolute atomic E-state index is 0.441. The van der Waals surface area contributed by atoms with E-state index in [1.807, 2.05) is 33.8 Å². The molecule has 110 valence electrons. The van der Waals surface area contributed by atoms with Gasteiger partial charge in [0.1, 0.15) is 0 Å². The second-order valence-electron chi connectivity index (χ2n) is 6.91. The summed E-state index contributed by atoms with van der Waals surface area (Å²) in [5.74, 6) is -0.0178. The summed E-state index contributed by atoms with van der Waals surface area (Å²) in [6.07, 6.45) is 0.811. The standard InChI is InChI=1S/C15H23BFNO2/c1-10(2)7-11-8-12(18-13(17)9-11)16-19-14(3,4)15(5,6)20-16/h8-10H,7H2,1-6H3. The van der Waals surface area contributed by atoms with E-state index in [9.17, 15) is 4.39 Å². The van der Waals surface area contributed by atoms with Crippen LogP contribution in [0.4, 0.5) is 4.39 Å². The maximum absolute atomic E-state index is 13.7. The smallest absolute Gasteiger partial charge is 0.398 e. The van der Waals surface area contributed by atoms with Crippen molar-refractivity contribution >= 4 is 12.7 Å². The van der Waals surface area contributed by atoms with Crippen LogP contribution >= 0.6 is 0 Å². The molecule has 0 aliphatic carbocycles. The molecule has 1 aromatic rings. The van der Waals surface area contributed by atoms with Gasteiger partial charge in [-0.2, -0.15) is 4.39 Å². The molecule has 0 radical (unpaired) electrons. The van der Waals surface area contributed by atoms with Crippen molar-refractivity contribution < 1.29 is 13.7 Å². The Kier molecular flexibility index (Phi) is 3.95. The van der Waals surface area contributed by atoms with E-state index in [2.05, 4.69) is 18.8 Å². The first-order chi connectivity index (χ1) is 9.10. The largest absolute Gasteiger partial charge is 0.514 e. The van der Waals surface area contributed by atoms with Crippen molar-refractivity contribution in [3.63, 3.8) is 0 Å². The topological polar surface area (TPSA) is 31.4 Å². The lowest BCUT2D eigenvalue weighted by molar-refractivity contribution is 0.00578. The van der Waals surface area contributed by atoms with E-state index < -0.39 is 24.3 Å². The molecule has 0 aromatic carbocycles. The molecule has 0 spiro atoms. The Balaban J connectivity index is 2.28. The molecule has 1 saturated heterocycles. The highest BCUT2D eigenvalue weighted by Crippen LogP contribution is 2.36. The van der Waals surface area contributed by atoms with Crippen LogP contribution in [-0.4, -0.2) is 23.3 Å². The quantitative estimate of drug-likeness (QED) is 0.629. The lowest BCUT2D eigenvalue weighted by Crippen LogP contribution is -2.41. The van der Waals surface area contributed by atoms with Gasteiger partial charge in [-0.1, -0.05) is 13.8 Å². The molecule has 1 aliphatic rings. The summed E-state index contributed by atoms with van der Waals surface area (Å²) >= 11 is 0. The molecule has 1 aromatic heterocycles. The highest BCUT2D eigenvalue weighted by Gasteiger charge is 2.52. The summed E-state index contributed by atoms with van der Waals surface area (Å²) in [6, 6.07) is 3.36. The summed E-state index contributed by atoms with van der Waals surface area (Å²) in [4.78, 5) is 3.94. The summed E-state index contributed by atoms with van der Waals surface area (Å²) in [6.45, 7) is 12.1. The Labute approximate surface area is 121 Å². The average Bonchev–Trinajstić information content (AvgIpc) is 2.46. The van der Waals surface area contributed by atoms with Gasteiger partial charge in [0.2, 0.25) is 5.95 Å². The van der Waals surface area contributed by atoms with Gasteiger partial charge in [-0.3, -0.25) is 0 Å². The molecule has 2 heterocycles. The van der Waals surface area contributed by atoms with Crippen LogP contribution in [0.2, 0.25) is 0 Å². The first-order valence-electron chi connectivity index (χ1n) is 7.13. The molecule has 3 nitrogen and oxygen atoms in total. The Bertz CT molecular complexity index is 487. The van der Waals surface area contributed by atoms with Crippen molar-refractivity contribution in [2.45, 2.75) is 59.2 Å². The van der Waals surface area contributed by atoms with E-state index in [4.69, 9.17) is 9.31 Å². The van der Waals surface area contributed by atoms with Gasteiger partial charge in [0.05, 0.1) is 16.8 Å². The zero-order valence-electron chi connectivity index (χ0n) is 13.2. The normalized spacial score (nSPS) is 20.7. The van der Waals surface area contributed by atoms with E-state index >= 15 is 0 Å². The number of rotatable bonds is 3. The molecule has 0 atom stereocenters. The summed E-state index contributed by atoms with van der Waals surface area (Å²) < 4.78 is 25.5. The molecule has 1 fully saturated rings. The molecular weight excluding hydrogens is 256 g/mol. The second-order valence-corrected chi connectivity index (χ2v) is 6.91. The van der Waals surface area contributed by atoms with Crippen molar-refractivity contribution in [1.82, 2.24) is 4.98 Å². The average molecular weight is 279 g/mol. The zero-order chi connectivity index (χ0) is 15.1. The predicted molar refractivity (Wildman–Crippen MR) is 78.5 cm³/mol. The molecule has 0 bridgehead atoms. The fraction of sp³-hybridized carbons (Fsp3) is 0.667. The van der Waals surface area contributed by atoms with Gasteiger partial charge in [0.15, 0.2) is 0 Å². The van der Waals surface area contributed by atoms with E-state index in [0.717, 1.165) is 12.0 Å². The van der Waals surface area contributed by atoms with Gasteiger partial charge in [-0.15, -0.1) is 0 Å². The SMILES string of the molecule is CC(C)Cc1cc(F)nc(B2OC(C)(C)C(C)(C)O2)c1. The highest BCUT2D eigenvalue weighted by atomic mass is 19.1. The lowest BCUT2D eigenvalue weighted by atomic mass is 9.83. The minimum atomic E-state index is -0.610. The number of hydrogen-bond donors (Lipinski definition) is 0. The van der Waals surface area contributed by atoms with Gasteiger partial charge >= 0.3 is 7.12 Å². The van der Waals surface area contributed by atoms with Crippen LogP contribution < -0.4 is 5.59 Å². The molecule has 0 amide bonds. The van der Waals surface area contributed by atoms with Crippen molar-refractivity contribution in [3.8, 4) is 0 Å². The van der Waals surface area contributed by atoms with Gasteiger partial charge in [0.25, 0.3) is 0 Å². The Morgan fingerprint density at radius 1 is 1.15 bits per heavy atom. The van der Waals surface area contributed by atoms with Gasteiger partial charge < -0.3 is 9.31 Å². The van der Waals surface area contributed by atoms with Crippen molar-refractivity contribution in [2.24, 2.45) is 5.92 Å². The van der Waals surface area contributed by atoms with E-state index in [1.54, 1.807) is 0 Å². The molecule has 0 saturated carbocycles. The first-order valence-corrected chi connectivity index (χ1v) is 7.13. The van der Waals surface area contributed by atoms with Crippen molar-refractivity contribution in [1.29, 1.82) is 0 Å². The highest BCUT2D eigenvalue weighted by molar-refractivity contribution is 6.61. The lowest BCUT2D eigenvalue weighted by Gasteiger charge is -2.32. The summed E-state index contributed by atoms with van der Waals surface area (Å²) in [5.41, 5.74) is 0.560. The van der Waals surface area contributed by atoms with Crippen molar-refractivity contribution in [3.05, 3.63) is 23.6 Å². The second kappa shape index (κ2) is 5.12. The van der Waals surface area contributed by atoms with Gasteiger partial charge in [-0.25, -0.2) is 4.98 Å². The zero-order valence-corrected chi connectivity index (χ0v) is 13.2. The van der Waals surface area contributed by atoms with E-state index in [-0.39, 0.29) is 0 Å². The maximum Gasteiger partial charge on any atom is 0.514 e. The van der Waals surface area contributed by atoms with E-state index in [0.29, 0.717) is 11.5 Å². The van der Waals surface area contributed by atoms with Crippen LogP contribution in [0, 0.1) is 11.9 Å². The van der Waals surface area contributed by atoms with E-state index in [1.165, 1.54) is 6.07 Å². The third kappa shape index (κ3) is 3.04. The number of halogens is 1. The fourth-order valence-electron chi connectivity index (χ4n) is 2.25. The van der Waals surface area contributed by atoms with Crippen molar-refractivity contribution in [2.75, 3.05) is 0 Å². The number of pyridine rings is 1. The molecule has 0 unspecified atom stereocenters. The van der Waals surface area contributed by atoms with Crippen LogP contribution in [0.1, 0.15) is 47.1 Å². The molecule has 0 N–H and O–H groups in total. The van der Waals surface area contributed by atoms with Crippen LogP contribution in [0.3, 0.4) is 0 Å². The fourth-order valence-corrected chi connectivity index (χ4v) is 2.25. The predicted octanol–water partition coefficient (Wildman–Crippen LogP) is 2.72. The third-order valence-corrected chi connectivity index (χ3v) is 4.01. The molecule has 1 aliphatic heterocycles. The molecule has 20 heavy (non-hydrogen) atoms. The van der Waals surface area contributed by atoms with Crippen LogP contribution in [0.5, 0.6) is 0 Å². The number of hydrogen-bond acceptors (Lipinski definition) is 3. The number of aromatic nitrogens is 1. The summed E-state index contributed by atoms with van der Waals surface area (Å²) in [5, 5.41) is 0. The Morgan fingerprint density at radius 3 is 2.20 bits per heavy atom. The number of nitrogens with zero attached hydrogens (tertiary/aromatic N) is 1. The van der Waals surface area contributed by atoms with Gasteiger partial charge in [0, 0.05) is 0 Å². The maximum atomic E-state index is 13.7. The van der Waals surface area contributed by atoms with Crippen LogP contribution in [0.15, 0.2) is 12.1 Å². The molecule has 2 rings (SSSR count).